The second kappa shape index (κ2) is 7.03. The van der Waals surface area contributed by atoms with Gasteiger partial charge >= 0.3 is 0 Å². The molecule has 0 saturated carbocycles. The first-order valence-corrected chi connectivity index (χ1v) is 7.58. The van der Waals surface area contributed by atoms with E-state index in [1.807, 2.05) is 37.3 Å². The highest BCUT2D eigenvalue weighted by Gasteiger charge is 2.20. The van der Waals surface area contributed by atoms with E-state index in [1.165, 1.54) is 6.33 Å². The van der Waals surface area contributed by atoms with E-state index in [0.717, 1.165) is 5.56 Å². The zero-order valence-corrected chi connectivity index (χ0v) is 13.5. The summed E-state index contributed by atoms with van der Waals surface area (Å²) < 4.78 is 7.27. The van der Waals surface area contributed by atoms with Crippen LogP contribution in [0.15, 0.2) is 47.4 Å². The van der Waals surface area contributed by atoms with Crippen LogP contribution in [-0.4, -0.2) is 42.8 Å². The lowest BCUT2D eigenvalue weighted by Gasteiger charge is -2.19. The Morgan fingerprint density at radius 2 is 2.08 bits per heavy atom. The number of aromatic nitrogens is 5. The van der Waals surface area contributed by atoms with Crippen LogP contribution in [0.2, 0.25) is 0 Å². The first kappa shape index (κ1) is 15.9. The molecule has 1 aromatic carbocycles. The molecule has 0 saturated heterocycles. The Hall–Kier alpha value is -3.03. The van der Waals surface area contributed by atoms with Gasteiger partial charge in [0.2, 0.25) is 17.7 Å². The monoisotopic (exact) mass is 326 g/mol. The molecular formula is C16H18N6O2. The van der Waals surface area contributed by atoms with Gasteiger partial charge in [-0.05, 0) is 12.1 Å². The molecule has 0 fully saturated rings. The van der Waals surface area contributed by atoms with Crippen molar-refractivity contribution in [1.29, 1.82) is 0 Å². The van der Waals surface area contributed by atoms with Crippen molar-refractivity contribution in [3.63, 3.8) is 0 Å². The molecule has 124 valence electrons. The highest BCUT2D eigenvalue weighted by atomic mass is 16.4. The van der Waals surface area contributed by atoms with Gasteiger partial charge in [-0.25, -0.2) is 4.98 Å². The lowest BCUT2D eigenvalue weighted by molar-refractivity contribution is -0.135. The summed E-state index contributed by atoms with van der Waals surface area (Å²) in [4.78, 5) is 17.9. The van der Waals surface area contributed by atoms with Gasteiger partial charge in [0.15, 0.2) is 0 Å². The fourth-order valence-corrected chi connectivity index (χ4v) is 2.36. The SMILES string of the molecule is C[C@H](Cn1cncn1)C(=O)N(C)Cc1nnc(-c2ccccc2)o1. The maximum atomic E-state index is 12.4. The highest BCUT2D eigenvalue weighted by Crippen LogP contribution is 2.17. The summed E-state index contributed by atoms with van der Waals surface area (Å²) in [5.74, 6) is 0.595. The lowest BCUT2D eigenvalue weighted by atomic mass is 10.1. The van der Waals surface area contributed by atoms with Gasteiger partial charge in [0.25, 0.3) is 0 Å². The van der Waals surface area contributed by atoms with E-state index in [1.54, 1.807) is 23.0 Å². The average molecular weight is 326 g/mol. The molecule has 0 N–H and O–H groups in total. The van der Waals surface area contributed by atoms with Gasteiger partial charge in [0.1, 0.15) is 12.7 Å². The zero-order chi connectivity index (χ0) is 16.9. The van der Waals surface area contributed by atoms with Crippen LogP contribution in [0.5, 0.6) is 0 Å². The third-order valence-electron chi connectivity index (χ3n) is 3.59. The van der Waals surface area contributed by atoms with Gasteiger partial charge in [-0.2, -0.15) is 5.10 Å². The molecule has 0 unspecified atom stereocenters. The van der Waals surface area contributed by atoms with E-state index in [9.17, 15) is 4.79 Å². The van der Waals surface area contributed by atoms with Crippen LogP contribution >= 0.6 is 0 Å². The maximum absolute atomic E-state index is 12.4. The molecule has 3 aromatic rings. The topological polar surface area (TPSA) is 89.9 Å². The molecule has 0 radical (unpaired) electrons. The molecule has 1 atom stereocenters. The second-order valence-electron chi connectivity index (χ2n) is 5.58. The van der Waals surface area contributed by atoms with Crippen LogP contribution in [0.25, 0.3) is 11.5 Å². The molecule has 0 aliphatic rings. The predicted octanol–water partition coefficient (Wildman–Crippen LogP) is 1.62. The van der Waals surface area contributed by atoms with Gasteiger partial charge in [-0.3, -0.25) is 9.48 Å². The third-order valence-corrected chi connectivity index (χ3v) is 3.59. The molecule has 8 heteroatoms. The maximum Gasteiger partial charge on any atom is 0.247 e. The number of rotatable bonds is 6. The van der Waals surface area contributed by atoms with Crippen LogP contribution < -0.4 is 0 Å². The van der Waals surface area contributed by atoms with Gasteiger partial charge in [0, 0.05) is 12.6 Å². The van der Waals surface area contributed by atoms with Crippen LogP contribution in [0, 0.1) is 5.92 Å². The van der Waals surface area contributed by atoms with Crippen molar-refractivity contribution in [2.24, 2.45) is 5.92 Å². The molecule has 0 aliphatic heterocycles. The Balaban J connectivity index is 1.61. The van der Waals surface area contributed by atoms with Crippen molar-refractivity contribution in [3.05, 3.63) is 48.9 Å². The highest BCUT2D eigenvalue weighted by molar-refractivity contribution is 5.78. The fourth-order valence-electron chi connectivity index (χ4n) is 2.36. The second-order valence-corrected chi connectivity index (χ2v) is 5.58. The predicted molar refractivity (Wildman–Crippen MR) is 85.4 cm³/mol. The minimum Gasteiger partial charge on any atom is -0.419 e. The number of benzene rings is 1. The first-order valence-electron chi connectivity index (χ1n) is 7.58. The molecule has 8 nitrogen and oxygen atoms in total. The van der Waals surface area contributed by atoms with E-state index in [2.05, 4.69) is 20.3 Å². The Bertz CT molecular complexity index is 784. The minimum atomic E-state index is -0.229. The molecule has 2 heterocycles. The first-order chi connectivity index (χ1) is 11.6. The van der Waals surface area contributed by atoms with Crippen molar-refractivity contribution in [3.8, 4) is 11.5 Å². The number of nitrogens with zero attached hydrogens (tertiary/aromatic N) is 6. The largest absolute Gasteiger partial charge is 0.419 e. The van der Waals surface area contributed by atoms with E-state index in [0.29, 0.717) is 18.3 Å². The molecule has 0 bridgehead atoms. The Kier molecular flexibility index (Phi) is 4.64. The zero-order valence-electron chi connectivity index (χ0n) is 13.5. The van der Waals surface area contributed by atoms with Crippen LogP contribution in [0.3, 0.4) is 0 Å². The van der Waals surface area contributed by atoms with E-state index in [-0.39, 0.29) is 18.4 Å². The lowest BCUT2D eigenvalue weighted by Crippen LogP contribution is -2.33. The number of hydrogen-bond donors (Lipinski definition) is 0. The molecular weight excluding hydrogens is 308 g/mol. The Morgan fingerprint density at radius 1 is 1.29 bits per heavy atom. The van der Waals surface area contributed by atoms with Gasteiger partial charge in [-0.15, -0.1) is 10.2 Å². The summed E-state index contributed by atoms with van der Waals surface area (Å²) in [6.07, 6.45) is 3.04. The molecule has 0 spiro atoms. The minimum absolute atomic E-state index is 0.0232. The van der Waals surface area contributed by atoms with E-state index in [4.69, 9.17) is 4.42 Å². The number of carbonyl (C=O) groups excluding carboxylic acids is 1. The van der Waals surface area contributed by atoms with Crippen LogP contribution in [0.1, 0.15) is 12.8 Å². The van der Waals surface area contributed by atoms with E-state index < -0.39 is 0 Å². The molecule has 2 aromatic heterocycles. The number of amides is 1. The summed E-state index contributed by atoms with van der Waals surface area (Å²) >= 11 is 0. The Labute approximate surface area is 139 Å². The van der Waals surface area contributed by atoms with Crippen molar-refractivity contribution in [2.45, 2.75) is 20.0 Å². The summed E-state index contributed by atoms with van der Waals surface area (Å²) in [6.45, 7) is 2.59. The third kappa shape index (κ3) is 3.65. The average Bonchev–Trinajstić information content (AvgIpc) is 3.27. The Morgan fingerprint density at radius 3 is 2.79 bits per heavy atom. The van der Waals surface area contributed by atoms with Crippen LogP contribution in [-0.2, 0) is 17.9 Å². The quantitative estimate of drug-likeness (QED) is 0.684. The standard InChI is InChI=1S/C16H18N6O2/c1-12(8-22-11-17-10-18-22)16(23)21(2)9-14-19-20-15(24-14)13-6-4-3-5-7-13/h3-7,10-12H,8-9H2,1-2H3/t12-/m1/s1. The van der Waals surface area contributed by atoms with Gasteiger partial charge in [0.05, 0.1) is 19.0 Å². The number of hydrogen-bond acceptors (Lipinski definition) is 6. The summed E-state index contributed by atoms with van der Waals surface area (Å²) in [7, 11) is 1.71. The molecule has 24 heavy (non-hydrogen) atoms. The van der Waals surface area contributed by atoms with E-state index >= 15 is 0 Å². The van der Waals surface area contributed by atoms with Crippen molar-refractivity contribution in [1.82, 2.24) is 29.9 Å². The van der Waals surface area contributed by atoms with Crippen molar-refractivity contribution in [2.75, 3.05) is 7.05 Å². The summed E-state index contributed by atoms with van der Waals surface area (Å²) in [5.41, 5.74) is 0.852. The summed E-state index contributed by atoms with van der Waals surface area (Å²) in [6, 6.07) is 9.52. The molecule has 0 aliphatic carbocycles. The van der Waals surface area contributed by atoms with Crippen LogP contribution in [0.4, 0.5) is 0 Å². The molecule has 3 rings (SSSR count). The molecule has 1 amide bonds. The van der Waals surface area contributed by atoms with Crippen molar-refractivity contribution < 1.29 is 9.21 Å². The summed E-state index contributed by atoms with van der Waals surface area (Å²) in [5, 5.41) is 12.1. The van der Waals surface area contributed by atoms with Crippen molar-refractivity contribution >= 4 is 5.91 Å². The normalized spacial score (nSPS) is 12.1. The number of carbonyl (C=O) groups is 1. The fraction of sp³-hybridized carbons (Fsp3) is 0.312. The smallest absolute Gasteiger partial charge is 0.247 e. The van der Waals surface area contributed by atoms with Gasteiger partial charge < -0.3 is 9.32 Å². The van der Waals surface area contributed by atoms with Gasteiger partial charge in [-0.1, -0.05) is 25.1 Å².